The Morgan fingerprint density at radius 2 is 1.77 bits per heavy atom. The van der Waals surface area contributed by atoms with Crippen molar-refractivity contribution < 1.29 is 14.3 Å². The predicted octanol–water partition coefficient (Wildman–Crippen LogP) is 4.73. The second-order valence-electron chi connectivity index (χ2n) is 8.46. The van der Waals surface area contributed by atoms with Crippen molar-refractivity contribution in [2.45, 2.75) is 19.5 Å². The summed E-state index contributed by atoms with van der Waals surface area (Å²) in [5.74, 6) is -0.330. The summed E-state index contributed by atoms with van der Waals surface area (Å²) < 4.78 is 5.03. The molecule has 5 rings (SSSR count). The number of anilines is 1. The second kappa shape index (κ2) is 9.46. The number of nitrogens with zero attached hydrogens (tertiary/aromatic N) is 2. The molecule has 7 heteroatoms. The van der Waals surface area contributed by atoms with Crippen molar-refractivity contribution in [2.75, 3.05) is 18.6 Å². The molecule has 3 aromatic carbocycles. The van der Waals surface area contributed by atoms with Gasteiger partial charge in [-0.2, -0.15) is 5.10 Å². The second-order valence-corrected chi connectivity index (χ2v) is 8.46. The van der Waals surface area contributed by atoms with E-state index in [1.807, 2.05) is 73.8 Å². The third-order valence-corrected chi connectivity index (χ3v) is 6.24. The SMILES string of the molecule is CCOC(=O)Cc1ccc(-c2cccc(-c3[nH]ncc3C3NC(=O)c4ccccc4N3C)c2)cc1. The Hall–Kier alpha value is -4.39. The zero-order valence-corrected chi connectivity index (χ0v) is 19.6. The molecular formula is C28H26N4O3. The van der Waals surface area contributed by atoms with Crippen LogP contribution in [0.2, 0.25) is 0 Å². The quantitative estimate of drug-likeness (QED) is 0.401. The van der Waals surface area contributed by atoms with Gasteiger partial charge in [0, 0.05) is 18.2 Å². The lowest BCUT2D eigenvalue weighted by Crippen LogP contribution is -2.44. The molecule has 0 aliphatic carbocycles. The van der Waals surface area contributed by atoms with Crippen molar-refractivity contribution >= 4 is 17.6 Å². The Balaban J connectivity index is 1.43. The highest BCUT2D eigenvalue weighted by Crippen LogP contribution is 2.36. The molecule has 176 valence electrons. The number of esters is 1. The molecule has 2 heterocycles. The van der Waals surface area contributed by atoms with Crippen LogP contribution < -0.4 is 10.2 Å². The number of nitrogens with one attached hydrogen (secondary N) is 2. The van der Waals surface area contributed by atoms with E-state index in [2.05, 4.69) is 26.5 Å². The third-order valence-electron chi connectivity index (χ3n) is 6.24. The number of aromatic amines is 1. The largest absolute Gasteiger partial charge is 0.466 e. The number of carbonyl (C=O) groups excluding carboxylic acids is 2. The van der Waals surface area contributed by atoms with E-state index in [1.165, 1.54) is 0 Å². The van der Waals surface area contributed by atoms with Crippen LogP contribution in [0.1, 0.15) is 34.6 Å². The average Bonchev–Trinajstić information content (AvgIpc) is 3.37. The van der Waals surface area contributed by atoms with E-state index in [4.69, 9.17) is 4.74 Å². The summed E-state index contributed by atoms with van der Waals surface area (Å²) in [5, 5.41) is 10.5. The first kappa shape index (κ1) is 22.4. The van der Waals surface area contributed by atoms with Gasteiger partial charge in [0.25, 0.3) is 5.91 Å². The molecule has 0 radical (unpaired) electrons. The predicted molar refractivity (Wildman–Crippen MR) is 135 cm³/mol. The fourth-order valence-corrected chi connectivity index (χ4v) is 4.48. The van der Waals surface area contributed by atoms with E-state index < -0.39 is 0 Å². The van der Waals surface area contributed by atoms with E-state index in [0.29, 0.717) is 12.2 Å². The molecule has 0 saturated carbocycles. The fourth-order valence-electron chi connectivity index (χ4n) is 4.48. The van der Waals surface area contributed by atoms with Crippen LogP contribution >= 0.6 is 0 Å². The highest BCUT2D eigenvalue weighted by atomic mass is 16.5. The number of aromatic nitrogens is 2. The highest BCUT2D eigenvalue weighted by Gasteiger charge is 2.31. The minimum Gasteiger partial charge on any atom is -0.466 e. The number of carbonyl (C=O) groups is 2. The van der Waals surface area contributed by atoms with Crippen LogP contribution in [0.25, 0.3) is 22.4 Å². The van der Waals surface area contributed by atoms with Gasteiger partial charge in [0.05, 0.1) is 36.2 Å². The lowest BCUT2D eigenvalue weighted by molar-refractivity contribution is -0.142. The number of amides is 1. The molecule has 1 amide bonds. The number of hydrogen-bond donors (Lipinski definition) is 2. The van der Waals surface area contributed by atoms with Gasteiger partial charge in [0.1, 0.15) is 6.17 Å². The molecule has 1 aromatic heterocycles. The maximum Gasteiger partial charge on any atom is 0.310 e. The Bertz CT molecular complexity index is 1380. The van der Waals surface area contributed by atoms with Gasteiger partial charge < -0.3 is 15.0 Å². The van der Waals surface area contributed by atoms with Crippen LogP contribution in [0.3, 0.4) is 0 Å². The van der Waals surface area contributed by atoms with Crippen LogP contribution in [-0.2, 0) is 16.0 Å². The van der Waals surface area contributed by atoms with E-state index in [1.54, 1.807) is 13.1 Å². The van der Waals surface area contributed by atoms with Gasteiger partial charge in [-0.15, -0.1) is 0 Å². The summed E-state index contributed by atoms with van der Waals surface area (Å²) in [7, 11) is 1.97. The number of ether oxygens (including phenoxy) is 1. The molecule has 2 N–H and O–H groups in total. The zero-order chi connectivity index (χ0) is 24.4. The third kappa shape index (κ3) is 4.40. The average molecular weight is 467 g/mol. The van der Waals surface area contributed by atoms with Gasteiger partial charge in [-0.25, -0.2) is 0 Å². The summed E-state index contributed by atoms with van der Waals surface area (Å²) in [6.45, 7) is 2.18. The van der Waals surface area contributed by atoms with Crippen molar-refractivity contribution in [3.8, 4) is 22.4 Å². The van der Waals surface area contributed by atoms with E-state index in [9.17, 15) is 9.59 Å². The summed E-state index contributed by atoms with van der Waals surface area (Å²) in [6, 6.07) is 23.7. The lowest BCUT2D eigenvalue weighted by atomic mass is 9.97. The van der Waals surface area contributed by atoms with E-state index in [-0.39, 0.29) is 24.5 Å². The summed E-state index contributed by atoms with van der Waals surface area (Å²) in [4.78, 5) is 26.6. The molecular weight excluding hydrogens is 440 g/mol. The first-order valence-electron chi connectivity index (χ1n) is 11.6. The first-order valence-corrected chi connectivity index (χ1v) is 11.6. The molecule has 4 aromatic rings. The Kier molecular flexibility index (Phi) is 6.06. The normalized spacial score (nSPS) is 14.9. The van der Waals surface area contributed by atoms with Crippen LogP contribution in [0.15, 0.2) is 79.0 Å². The number of benzene rings is 3. The van der Waals surface area contributed by atoms with Gasteiger partial charge >= 0.3 is 5.97 Å². The van der Waals surface area contributed by atoms with Crippen LogP contribution in [0.5, 0.6) is 0 Å². The van der Waals surface area contributed by atoms with Gasteiger partial charge in [-0.3, -0.25) is 14.7 Å². The van der Waals surface area contributed by atoms with Gasteiger partial charge in [-0.05, 0) is 41.8 Å². The molecule has 7 nitrogen and oxygen atoms in total. The molecule has 1 atom stereocenters. The molecule has 1 aliphatic heterocycles. The lowest BCUT2D eigenvalue weighted by Gasteiger charge is -2.36. The van der Waals surface area contributed by atoms with Crippen molar-refractivity contribution in [1.82, 2.24) is 15.5 Å². The standard InChI is InChI=1S/C28H26N4O3/c1-3-35-25(33)15-18-11-13-19(14-12-18)20-7-6-8-21(16-20)26-23(17-29-31-26)27-30-28(34)22-9-4-5-10-24(22)32(27)2/h4-14,16-17,27H,3,15H2,1-2H3,(H,29,31)(H,30,34). The van der Waals surface area contributed by atoms with Gasteiger partial charge in [0.2, 0.25) is 0 Å². The number of para-hydroxylation sites is 1. The Labute approximate surface area is 203 Å². The molecule has 0 saturated heterocycles. The van der Waals surface area contributed by atoms with Crippen LogP contribution in [-0.4, -0.2) is 35.7 Å². The summed E-state index contributed by atoms with van der Waals surface area (Å²) >= 11 is 0. The Morgan fingerprint density at radius 3 is 2.57 bits per heavy atom. The molecule has 0 bridgehead atoms. The number of H-pyrrole nitrogens is 1. The van der Waals surface area contributed by atoms with E-state index in [0.717, 1.165) is 39.2 Å². The fraction of sp³-hybridized carbons (Fsp3) is 0.179. The zero-order valence-electron chi connectivity index (χ0n) is 19.6. The summed E-state index contributed by atoms with van der Waals surface area (Å²) in [6.07, 6.45) is 1.67. The molecule has 1 aliphatic rings. The maximum absolute atomic E-state index is 12.8. The molecule has 1 unspecified atom stereocenters. The monoisotopic (exact) mass is 466 g/mol. The van der Waals surface area contributed by atoms with Crippen molar-refractivity contribution in [3.05, 3.63) is 95.7 Å². The maximum atomic E-state index is 12.8. The minimum absolute atomic E-state index is 0.104. The summed E-state index contributed by atoms with van der Waals surface area (Å²) in [5.41, 5.74) is 7.23. The Morgan fingerprint density at radius 1 is 1.00 bits per heavy atom. The van der Waals surface area contributed by atoms with Crippen LogP contribution in [0, 0.1) is 0 Å². The van der Waals surface area contributed by atoms with Gasteiger partial charge in [-0.1, -0.05) is 54.6 Å². The minimum atomic E-state index is -0.350. The molecule has 0 fully saturated rings. The van der Waals surface area contributed by atoms with Crippen LogP contribution in [0.4, 0.5) is 5.69 Å². The number of hydrogen-bond acceptors (Lipinski definition) is 5. The van der Waals surface area contributed by atoms with Gasteiger partial charge in [0.15, 0.2) is 0 Å². The van der Waals surface area contributed by atoms with Crippen molar-refractivity contribution in [1.29, 1.82) is 0 Å². The topological polar surface area (TPSA) is 87.3 Å². The van der Waals surface area contributed by atoms with E-state index >= 15 is 0 Å². The molecule has 35 heavy (non-hydrogen) atoms. The van der Waals surface area contributed by atoms with Crippen molar-refractivity contribution in [2.24, 2.45) is 0 Å². The highest BCUT2D eigenvalue weighted by molar-refractivity contribution is 6.02. The van der Waals surface area contributed by atoms with Crippen molar-refractivity contribution in [3.63, 3.8) is 0 Å². The number of fused-ring (bicyclic) bond motifs is 1. The number of rotatable bonds is 6. The smallest absolute Gasteiger partial charge is 0.310 e. The molecule has 0 spiro atoms. The first-order chi connectivity index (χ1) is 17.0.